The van der Waals surface area contributed by atoms with E-state index in [1.165, 1.54) is 6.07 Å². The summed E-state index contributed by atoms with van der Waals surface area (Å²) in [5.41, 5.74) is 1.03. The number of halogens is 2. The van der Waals surface area contributed by atoms with E-state index in [4.69, 9.17) is 9.47 Å². The molecule has 0 bridgehead atoms. The zero-order valence-corrected chi connectivity index (χ0v) is 15.0. The predicted octanol–water partition coefficient (Wildman–Crippen LogP) is 4.57. The van der Waals surface area contributed by atoms with E-state index in [1.54, 1.807) is 45.4 Å². The first kappa shape index (κ1) is 18.4. The maximum atomic E-state index is 13.4. The number of ether oxygens (including phenoxy) is 2. The highest BCUT2D eigenvalue weighted by atomic mass is 19.2. The van der Waals surface area contributed by atoms with Crippen LogP contribution >= 0.6 is 0 Å². The average Bonchev–Trinajstić information content (AvgIpc) is 2.64. The van der Waals surface area contributed by atoms with Crippen molar-refractivity contribution in [1.29, 1.82) is 0 Å². The van der Waals surface area contributed by atoms with Gasteiger partial charge in [-0.25, -0.2) is 18.7 Å². The molecule has 8 heteroatoms. The van der Waals surface area contributed by atoms with Gasteiger partial charge < -0.3 is 20.1 Å². The third-order valence-electron chi connectivity index (χ3n) is 3.70. The molecule has 0 fully saturated rings. The summed E-state index contributed by atoms with van der Waals surface area (Å²) < 4.78 is 37.1. The maximum Gasteiger partial charge on any atom is 0.160 e. The molecule has 0 spiro atoms. The molecule has 1 aromatic heterocycles. The zero-order chi connectivity index (χ0) is 19.4. The van der Waals surface area contributed by atoms with E-state index in [-0.39, 0.29) is 0 Å². The second-order valence-corrected chi connectivity index (χ2v) is 5.63. The number of hydrogen-bond donors (Lipinski definition) is 2. The molecule has 0 saturated carbocycles. The van der Waals surface area contributed by atoms with Crippen molar-refractivity contribution in [2.24, 2.45) is 0 Å². The first-order valence-electron chi connectivity index (χ1n) is 8.05. The summed E-state index contributed by atoms with van der Waals surface area (Å²) in [6.07, 6.45) is 0. The monoisotopic (exact) mass is 372 g/mol. The molecule has 3 aromatic rings. The van der Waals surface area contributed by atoms with Crippen molar-refractivity contribution in [3.63, 3.8) is 0 Å². The number of methoxy groups -OCH3 is 2. The van der Waals surface area contributed by atoms with Gasteiger partial charge in [0, 0.05) is 23.9 Å². The summed E-state index contributed by atoms with van der Waals surface area (Å²) in [5.74, 6) is 0.840. The lowest BCUT2D eigenvalue weighted by Crippen LogP contribution is -2.03. The minimum atomic E-state index is -0.940. The van der Waals surface area contributed by atoms with Gasteiger partial charge in [-0.2, -0.15) is 0 Å². The van der Waals surface area contributed by atoms with Crippen molar-refractivity contribution in [2.75, 3.05) is 24.9 Å². The summed E-state index contributed by atoms with van der Waals surface area (Å²) in [6, 6.07) is 10.5. The molecule has 0 aliphatic carbocycles. The van der Waals surface area contributed by atoms with E-state index in [0.29, 0.717) is 40.3 Å². The van der Waals surface area contributed by atoms with Crippen LogP contribution < -0.4 is 20.1 Å². The van der Waals surface area contributed by atoms with Gasteiger partial charge in [0.1, 0.15) is 29.0 Å². The Hall–Kier alpha value is -3.42. The molecule has 0 saturated heterocycles. The summed E-state index contributed by atoms with van der Waals surface area (Å²) in [4.78, 5) is 8.61. The number of aromatic nitrogens is 2. The highest BCUT2D eigenvalue weighted by molar-refractivity contribution is 5.68. The van der Waals surface area contributed by atoms with Gasteiger partial charge in [0.25, 0.3) is 0 Å². The minimum Gasteiger partial charge on any atom is -0.497 e. The van der Waals surface area contributed by atoms with Crippen LogP contribution in [-0.2, 0) is 0 Å². The number of nitrogens with zero attached hydrogens (tertiary/aromatic N) is 2. The van der Waals surface area contributed by atoms with Crippen LogP contribution in [0.15, 0.2) is 42.5 Å². The summed E-state index contributed by atoms with van der Waals surface area (Å²) >= 11 is 0. The van der Waals surface area contributed by atoms with Crippen LogP contribution in [0.5, 0.6) is 11.5 Å². The molecule has 0 radical (unpaired) electrons. The van der Waals surface area contributed by atoms with Crippen LogP contribution in [0, 0.1) is 18.6 Å². The fourth-order valence-electron chi connectivity index (χ4n) is 2.47. The van der Waals surface area contributed by atoms with Gasteiger partial charge in [-0.05, 0) is 31.2 Å². The third kappa shape index (κ3) is 4.41. The standard InChI is InChI=1S/C19H18F2N4O2/c1-11-22-18(24-12-4-6-14(20)15(21)8-12)10-19(23-11)25-16-9-13(26-2)5-7-17(16)27-3/h4-10H,1-3H3,(H2,22,23,24,25). The first-order valence-corrected chi connectivity index (χ1v) is 8.05. The predicted molar refractivity (Wildman–Crippen MR) is 99.2 cm³/mol. The highest BCUT2D eigenvalue weighted by Gasteiger charge is 2.09. The van der Waals surface area contributed by atoms with Crippen LogP contribution in [0.3, 0.4) is 0 Å². The quantitative estimate of drug-likeness (QED) is 0.661. The number of benzene rings is 2. The third-order valence-corrected chi connectivity index (χ3v) is 3.70. The molecule has 0 atom stereocenters. The molecule has 6 nitrogen and oxygen atoms in total. The van der Waals surface area contributed by atoms with Crippen molar-refractivity contribution in [2.45, 2.75) is 6.92 Å². The molecule has 2 aromatic carbocycles. The lowest BCUT2D eigenvalue weighted by molar-refractivity contribution is 0.405. The van der Waals surface area contributed by atoms with E-state index in [9.17, 15) is 8.78 Å². The van der Waals surface area contributed by atoms with Crippen LogP contribution in [0.25, 0.3) is 0 Å². The van der Waals surface area contributed by atoms with Crippen molar-refractivity contribution in [1.82, 2.24) is 9.97 Å². The number of aryl methyl sites for hydroxylation is 1. The Balaban J connectivity index is 1.88. The van der Waals surface area contributed by atoms with E-state index < -0.39 is 11.6 Å². The SMILES string of the molecule is COc1ccc(OC)c(Nc2cc(Nc3ccc(F)c(F)c3)nc(C)n2)c1. The van der Waals surface area contributed by atoms with E-state index >= 15 is 0 Å². The van der Waals surface area contributed by atoms with Crippen molar-refractivity contribution in [3.8, 4) is 11.5 Å². The van der Waals surface area contributed by atoms with Gasteiger partial charge in [0.15, 0.2) is 11.6 Å². The van der Waals surface area contributed by atoms with E-state index in [0.717, 1.165) is 12.1 Å². The summed E-state index contributed by atoms with van der Waals surface area (Å²) in [6.45, 7) is 1.73. The Morgan fingerprint density at radius 2 is 1.56 bits per heavy atom. The molecule has 0 amide bonds. The topological polar surface area (TPSA) is 68.3 Å². The Morgan fingerprint density at radius 1 is 0.815 bits per heavy atom. The molecule has 0 aliphatic rings. The largest absolute Gasteiger partial charge is 0.497 e. The molecule has 0 aliphatic heterocycles. The van der Waals surface area contributed by atoms with Crippen molar-refractivity contribution < 1.29 is 18.3 Å². The zero-order valence-electron chi connectivity index (χ0n) is 15.0. The molecule has 2 N–H and O–H groups in total. The van der Waals surface area contributed by atoms with Crippen LogP contribution in [0.2, 0.25) is 0 Å². The van der Waals surface area contributed by atoms with Gasteiger partial charge in [0.2, 0.25) is 0 Å². The maximum absolute atomic E-state index is 13.4. The lowest BCUT2D eigenvalue weighted by Gasteiger charge is -2.14. The second kappa shape index (κ2) is 7.86. The Labute approximate surface area is 155 Å². The number of hydrogen-bond acceptors (Lipinski definition) is 6. The van der Waals surface area contributed by atoms with Gasteiger partial charge in [0.05, 0.1) is 19.9 Å². The summed E-state index contributed by atoms with van der Waals surface area (Å²) in [5, 5.41) is 6.09. The first-order chi connectivity index (χ1) is 13.0. The van der Waals surface area contributed by atoms with Gasteiger partial charge in [-0.1, -0.05) is 0 Å². The van der Waals surface area contributed by atoms with Crippen molar-refractivity contribution in [3.05, 3.63) is 59.9 Å². The highest BCUT2D eigenvalue weighted by Crippen LogP contribution is 2.31. The average molecular weight is 372 g/mol. The molecule has 0 unspecified atom stereocenters. The fourth-order valence-corrected chi connectivity index (χ4v) is 2.47. The minimum absolute atomic E-state index is 0.372. The molecule has 1 heterocycles. The normalized spacial score (nSPS) is 10.4. The van der Waals surface area contributed by atoms with Gasteiger partial charge in [-0.15, -0.1) is 0 Å². The smallest absolute Gasteiger partial charge is 0.160 e. The molecular weight excluding hydrogens is 354 g/mol. The van der Waals surface area contributed by atoms with Crippen LogP contribution in [0.4, 0.5) is 31.8 Å². The Bertz CT molecular complexity index is 966. The number of anilines is 4. The Kier molecular flexibility index (Phi) is 5.35. The molecule has 140 valence electrons. The van der Waals surface area contributed by atoms with Gasteiger partial charge in [-0.3, -0.25) is 0 Å². The van der Waals surface area contributed by atoms with Gasteiger partial charge >= 0.3 is 0 Å². The number of nitrogens with one attached hydrogen (secondary N) is 2. The fraction of sp³-hybridized carbons (Fsp3) is 0.158. The lowest BCUT2D eigenvalue weighted by atomic mass is 10.2. The molecular formula is C19H18F2N4O2. The number of rotatable bonds is 6. The molecule has 3 rings (SSSR count). The Morgan fingerprint density at radius 3 is 2.22 bits per heavy atom. The van der Waals surface area contributed by atoms with Crippen molar-refractivity contribution >= 4 is 23.0 Å². The van der Waals surface area contributed by atoms with E-state index in [2.05, 4.69) is 20.6 Å². The van der Waals surface area contributed by atoms with Crippen LogP contribution in [-0.4, -0.2) is 24.2 Å². The second-order valence-electron chi connectivity index (χ2n) is 5.63. The molecule has 27 heavy (non-hydrogen) atoms. The van der Waals surface area contributed by atoms with Crippen LogP contribution in [0.1, 0.15) is 5.82 Å². The van der Waals surface area contributed by atoms with E-state index in [1.807, 2.05) is 0 Å². The summed E-state index contributed by atoms with van der Waals surface area (Å²) in [7, 11) is 3.14.